The fourth-order valence-corrected chi connectivity index (χ4v) is 2.99. The van der Waals surface area contributed by atoms with Crippen LogP contribution in [0.25, 0.3) is 5.65 Å². The van der Waals surface area contributed by atoms with Gasteiger partial charge in [-0.2, -0.15) is 5.10 Å². The lowest BCUT2D eigenvalue weighted by Gasteiger charge is -2.05. The van der Waals surface area contributed by atoms with Gasteiger partial charge in [0.05, 0.1) is 6.20 Å². The summed E-state index contributed by atoms with van der Waals surface area (Å²) in [4.78, 5) is 17.0. The van der Waals surface area contributed by atoms with Gasteiger partial charge in [-0.1, -0.05) is 41.8 Å². The third-order valence-corrected chi connectivity index (χ3v) is 4.69. The van der Waals surface area contributed by atoms with Crippen LogP contribution in [0.4, 0.5) is 0 Å². The molecule has 0 unspecified atom stereocenters. The van der Waals surface area contributed by atoms with E-state index in [9.17, 15) is 4.79 Å². The summed E-state index contributed by atoms with van der Waals surface area (Å²) in [6, 6.07) is 16.6. The molecule has 2 aromatic carbocycles. The first-order valence-electron chi connectivity index (χ1n) is 8.79. The summed E-state index contributed by atoms with van der Waals surface area (Å²) < 4.78 is 1.69. The molecule has 0 spiro atoms. The van der Waals surface area contributed by atoms with Crippen molar-refractivity contribution < 1.29 is 4.79 Å². The third-order valence-electron chi connectivity index (χ3n) is 4.44. The van der Waals surface area contributed by atoms with E-state index in [0.717, 1.165) is 22.3 Å². The Morgan fingerprint density at radius 2 is 1.93 bits per heavy atom. The van der Waals surface area contributed by atoms with Gasteiger partial charge in [-0.05, 0) is 54.3 Å². The maximum Gasteiger partial charge on any atom is 0.167 e. The van der Waals surface area contributed by atoms with Crippen molar-refractivity contribution in [1.29, 1.82) is 0 Å². The first-order chi connectivity index (χ1) is 13.6. The normalized spacial score (nSPS) is 10.5. The summed E-state index contributed by atoms with van der Waals surface area (Å²) in [5, 5.41) is 4.92. The zero-order chi connectivity index (χ0) is 19.5. The summed E-state index contributed by atoms with van der Waals surface area (Å²) in [5.41, 5.74) is 4.84. The van der Waals surface area contributed by atoms with Gasteiger partial charge >= 0.3 is 0 Å². The predicted molar refractivity (Wildman–Crippen MR) is 110 cm³/mol. The Morgan fingerprint density at radius 1 is 1.11 bits per heavy atom. The van der Waals surface area contributed by atoms with Crippen molar-refractivity contribution in [3.8, 4) is 11.8 Å². The van der Waals surface area contributed by atoms with Gasteiger partial charge in [0.15, 0.2) is 11.4 Å². The lowest BCUT2D eigenvalue weighted by atomic mass is 9.99. The summed E-state index contributed by atoms with van der Waals surface area (Å²) >= 11 is 5.91. The van der Waals surface area contributed by atoms with Crippen molar-refractivity contribution in [3.05, 3.63) is 100.0 Å². The molecular formula is C23H16ClN3O. The Kier molecular flexibility index (Phi) is 4.92. The van der Waals surface area contributed by atoms with Crippen molar-refractivity contribution in [2.75, 3.05) is 0 Å². The maximum absolute atomic E-state index is 12.7. The predicted octanol–water partition coefficient (Wildman–Crippen LogP) is 4.52. The smallest absolute Gasteiger partial charge is 0.167 e. The molecule has 0 fully saturated rings. The number of halogens is 1. The van der Waals surface area contributed by atoms with Gasteiger partial charge in [-0.3, -0.25) is 4.79 Å². The highest BCUT2D eigenvalue weighted by atomic mass is 35.5. The van der Waals surface area contributed by atoms with E-state index in [-0.39, 0.29) is 5.78 Å². The molecule has 2 heterocycles. The number of nitrogens with zero attached hydrogens (tertiary/aromatic N) is 3. The van der Waals surface area contributed by atoms with E-state index in [4.69, 9.17) is 11.6 Å². The molecule has 4 nitrogen and oxygen atoms in total. The second-order valence-corrected chi connectivity index (χ2v) is 6.88. The molecule has 4 rings (SSSR count). The van der Waals surface area contributed by atoms with Gasteiger partial charge in [-0.25, -0.2) is 9.50 Å². The van der Waals surface area contributed by atoms with Crippen LogP contribution in [-0.4, -0.2) is 20.4 Å². The van der Waals surface area contributed by atoms with Crippen LogP contribution in [0.3, 0.4) is 0 Å². The molecule has 0 radical (unpaired) electrons. The second kappa shape index (κ2) is 7.67. The molecule has 0 amide bonds. The Labute approximate surface area is 167 Å². The van der Waals surface area contributed by atoms with Crippen molar-refractivity contribution >= 4 is 23.0 Å². The average molecular weight is 386 g/mol. The van der Waals surface area contributed by atoms with Crippen molar-refractivity contribution in [1.82, 2.24) is 14.6 Å². The number of aryl methyl sites for hydroxylation is 1. The van der Waals surface area contributed by atoms with Crippen molar-refractivity contribution in [2.45, 2.75) is 13.3 Å². The minimum Gasteiger partial charge on any atom is -0.294 e. The van der Waals surface area contributed by atoms with E-state index >= 15 is 0 Å². The van der Waals surface area contributed by atoms with Gasteiger partial charge in [-0.15, -0.1) is 0 Å². The third kappa shape index (κ3) is 3.80. The molecule has 0 aliphatic heterocycles. The van der Waals surface area contributed by atoms with Crippen LogP contribution >= 0.6 is 11.6 Å². The Bertz CT molecular complexity index is 1230. The van der Waals surface area contributed by atoms with Crippen LogP contribution in [0.1, 0.15) is 32.7 Å². The highest BCUT2D eigenvalue weighted by molar-refractivity contribution is 6.30. The summed E-state index contributed by atoms with van der Waals surface area (Å²) in [7, 11) is 0. The quantitative estimate of drug-likeness (QED) is 0.385. The molecule has 2 aromatic heterocycles. The number of rotatable bonds is 3. The fraction of sp³-hybridized carbons (Fsp3) is 0.0870. The SMILES string of the molecule is Cc1ccc(C(=O)Cc2ccc(Cl)cc2)cc1C#Cc1cnc2cccnn12. The number of Topliss-reactive ketones (excluding diaryl/α,β-unsaturated/α-hetero) is 1. The molecule has 136 valence electrons. The standard InChI is InChI=1S/C23H16ClN3O/c1-16-4-7-19(22(28)13-17-5-9-20(24)10-6-17)14-18(16)8-11-21-15-25-23-3-2-12-26-27(21)23/h2-7,9-10,12,14-15H,13H2,1H3. The molecule has 0 aliphatic carbocycles. The lowest BCUT2D eigenvalue weighted by molar-refractivity contribution is 0.0993. The van der Waals surface area contributed by atoms with Crippen molar-refractivity contribution in [2.24, 2.45) is 0 Å². The number of imidazole rings is 1. The van der Waals surface area contributed by atoms with Crippen molar-refractivity contribution in [3.63, 3.8) is 0 Å². The Hall–Kier alpha value is -3.42. The summed E-state index contributed by atoms with van der Waals surface area (Å²) in [6.07, 6.45) is 3.71. The molecule has 0 saturated heterocycles. The number of ketones is 1. The van der Waals surface area contributed by atoms with Crippen LogP contribution in [0, 0.1) is 18.8 Å². The van der Waals surface area contributed by atoms with Crippen LogP contribution in [0.2, 0.25) is 5.02 Å². The van der Waals surface area contributed by atoms with Gasteiger partial charge in [0.2, 0.25) is 0 Å². The van der Waals surface area contributed by atoms with Gasteiger partial charge in [0, 0.05) is 28.8 Å². The monoisotopic (exact) mass is 385 g/mol. The van der Waals surface area contributed by atoms with E-state index < -0.39 is 0 Å². The number of hydrogen-bond acceptors (Lipinski definition) is 3. The minimum atomic E-state index is 0.0434. The van der Waals surface area contributed by atoms with E-state index in [1.54, 1.807) is 29.0 Å². The highest BCUT2D eigenvalue weighted by Crippen LogP contribution is 2.15. The summed E-state index contributed by atoms with van der Waals surface area (Å²) in [6.45, 7) is 1.98. The zero-order valence-electron chi connectivity index (χ0n) is 15.2. The molecule has 0 atom stereocenters. The number of carbonyl (C=O) groups is 1. The molecule has 0 aliphatic rings. The van der Waals surface area contributed by atoms with E-state index in [1.165, 1.54) is 0 Å². The number of fused-ring (bicyclic) bond motifs is 1. The van der Waals surface area contributed by atoms with E-state index in [2.05, 4.69) is 21.9 Å². The molecule has 5 heteroatoms. The van der Waals surface area contributed by atoms with Crippen LogP contribution in [0.15, 0.2) is 67.0 Å². The number of hydrogen-bond donors (Lipinski definition) is 0. The number of benzene rings is 2. The number of aromatic nitrogens is 3. The Morgan fingerprint density at radius 3 is 2.75 bits per heavy atom. The minimum absolute atomic E-state index is 0.0434. The number of carbonyl (C=O) groups excluding carboxylic acids is 1. The highest BCUT2D eigenvalue weighted by Gasteiger charge is 2.09. The zero-order valence-corrected chi connectivity index (χ0v) is 15.9. The fourth-order valence-electron chi connectivity index (χ4n) is 2.87. The Balaban J connectivity index is 1.61. The molecule has 4 aromatic rings. The van der Waals surface area contributed by atoms with Gasteiger partial charge in [0.1, 0.15) is 5.69 Å². The average Bonchev–Trinajstić information content (AvgIpc) is 3.12. The first-order valence-corrected chi connectivity index (χ1v) is 9.17. The topological polar surface area (TPSA) is 47.3 Å². The lowest BCUT2D eigenvalue weighted by Crippen LogP contribution is -2.04. The molecule has 0 saturated carbocycles. The molecule has 0 bridgehead atoms. The van der Waals surface area contributed by atoms with Crippen LogP contribution in [-0.2, 0) is 6.42 Å². The first kappa shape index (κ1) is 18.0. The maximum atomic E-state index is 12.7. The second-order valence-electron chi connectivity index (χ2n) is 6.44. The summed E-state index contributed by atoms with van der Waals surface area (Å²) in [5.74, 6) is 6.31. The van der Waals surface area contributed by atoms with E-state index in [1.807, 2.05) is 49.4 Å². The molecular weight excluding hydrogens is 370 g/mol. The molecule has 28 heavy (non-hydrogen) atoms. The molecule has 0 N–H and O–H groups in total. The van der Waals surface area contributed by atoms with Gasteiger partial charge < -0.3 is 0 Å². The van der Waals surface area contributed by atoms with Gasteiger partial charge in [0.25, 0.3) is 0 Å². The van der Waals surface area contributed by atoms with E-state index in [0.29, 0.717) is 22.7 Å². The largest absolute Gasteiger partial charge is 0.294 e. The van der Waals surface area contributed by atoms with Crippen LogP contribution < -0.4 is 0 Å². The van der Waals surface area contributed by atoms with Crippen LogP contribution in [0.5, 0.6) is 0 Å².